The van der Waals surface area contributed by atoms with Crippen LogP contribution in [0.15, 0.2) is 59.9 Å². The van der Waals surface area contributed by atoms with E-state index in [-0.39, 0.29) is 5.56 Å². The number of benzene rings is 1. The number of hydrogen-bond donors (Lipinski definition) is 1. The highest BCUT2D eigenvalue weighted by Gasteiger charge is 2.10. The molecule has 0 saturated heterocycles. The lowest BCUT2D eigenvalue weighted by atomic mass is 10.2. The van der Waals surface area contributed by atoms with Crippen molar-refractivity contribution in [2.24, 2.45) is 12.0 Å². The molecule has 2 aromatic heterocycles. The molecule has 1 aromatic carbocycles. The highest BCUT2D eigenvalue weighted by atomic mass is 19.1. The van der Waals surface area contributed by atoms with Crippen LogP contribution in [0.3, 0.4) is 0 Å². The number of halogens is 1. The van der Waals surface area contributed by atoms with Crippen LogP contribution in [0.5, 0.6) is 0 Å². The van der Waals surface area contributed by atoms with Crippen molar-refractivity contribution in [1.29, 1.82) is 0 Å². The lowest BCUT2D eigenvalue weighted by Crippen LogP contribution is -2.18. The number of imidazole rings is 1. The van der Waals surface area contributed by atoms with Gasteiger partial charge in [0.1, 0.15) is 5.82 Å². The van der Waals surface area contributed by atoms with Crippen LogP contribution in [0.1, 0.15) is 10.4 Å². The molecule has 0 saturated carbocycles. The summed E-state index contributed by atoms with van der Waals surface area (Å²) in [6, 6.07) is 11.3. The summed E-state index contributed by atoms with van der Waals surface area (Å²) in [6.07, 6.45) is 3.45. The number of nitrogens with one attached hydrogen (secondary N) is 1. The number of amides is 1. The van der Waals surface area contributed by atoms with E-state index >= 15 is 0 Å². The van der Waals surface area contributed by atoms with E-state index in [9.17, 15) is 9.18 Å². The molecule has 0 aliphatic rings. The Labute approximate surface area is 125 Å². The van der Waals surface area contributed by atoms with Crippen LogP contribution in [0.4, 0.5) is 4.39 Å². The van der Waals surface area contributed by atoms with Gasteiger partial charge in [-0.05, 0) is 24.3 Å². The first kappa shape index (κ1) is 13.9. The van der Waals surface area contributed by atoms with Crippen molar-refractivity contribution >= 4 is 5.91 Å². The largest absolute Gasteiger partial charge is 0.322 e. The Kier molecular flexibility index (Phi) is 3.65. The van der Waals surface area contributed by atoms with Crippen LogP contribution < -0.4 is 5.62 Å². The lowest BCUT2D eigenvalue weighted by Gasteiger charge is -1.96. The molecule has 0 unspecified atom stereocenters. The van der Waals surface area contributed by atoms with Gasteiger partial charge < -0.3 is 9.55 Å². The first-order valence-electron chi connectivity index (χ1n) is 6.66. The maximum Gasteiger partial charge on any atom is 0.283 e. The molecule has 3 aromatic rings. The third kappa shape index (κ3) is 2.71. The van der Waals surface area contributed by atoms with Crippen LogP contribution in [0.2, 0.25) is 0 Å². The van der Waals surface area contributed by atoms with E-state index in [4.69, 9.17) is 0 Å². The van der Waals surface area contributed by atoms with Crippen LogP contribution in [-0.2, 0) is 7.05 Å². The van der Waals surface area contributed by atoms with E-state index < -0.39 is 11.7 Å². The minimum Gasteiger partial charge on any atom is -0.322 e. The number of aryl methyl sites for hydroxylation is 1. The van der Waals surface area contributed by atoms with Gasteiger partial charge in [-0.1, -0.05) is 18.2 Å². The molecule has 1 amide bonds. The molecule has 0 spiro atoms. The van der Waals surface area contributed by atoms with Crippen LogP contribution >= 0.6 is 0 Å². The third-order valence-electron chi connectivity index (χ3n) is 3.16. The molecule has 0 bridgehead atoms. The first-order valence-corrected chi connectivity index (χ1v) is 6.66. The maximum absolute atomic E-state index is 13.6. The number of rotatable bonds is 2. The van der Waals surface area contributed by atoms with Gasteiger partial charge >= 0.3 is 0 Å². The summed E-state index contributed by atoms with van der Waals surface area (Å²) >= 11 is 0. The molecule has 22 heavy (non-hydrogen) atoms. The number of H-pyrrole nitrogens is 1. The van der Waals surface area contributed by atoms with Gasteiger partial charge in [0.2, 0.25) is 5.62 Å². The van der Waals surface area contributed by atoms with E-state index in [1.807, 2.05) is 18.2 Å². The van der Waals surface area contributed by atoms with Crippen LogP contribution in [0.25, 0.3) is 11.4 Å². The Morgan fingerprint density at radius 3 is 2.73 bits per heavy atom. The highest BCUT2D eigenvalue weighted by molar-refractivity contribution is 5.95. The fourth-order valence-corrected chi connectivity index (χ4v) is 2.05. The van der Waals surface area contributed by atoms with Gasteiger partial charge in [0.15, 0.2) is 0 Å². The van der Waals surface area contributed by atoms with Crippen molar-refractivity contribution in [2.75, 3.05) is 0 Å². The number of hydrogen-bond acceptors (Lipinski definition) is 2. The second-order valence-electron chi connectivity index (χ2n) is 4.71. The Morgan fingerprint density at radius 1 is 1.23 bits per heavy atom. The smallest absolute Gasteiger partial charge is 0.283 e. The van der Waals surface area contributed by atoms with Gasteiger partial charge in [0, 0.05) is 19.4 Å². The maximum atomic E-state index is 13.6. The van der Waals surface area contributed by atoms with Gasteiger partial charge in [0.05, 0.1) is 17.0 Å². The highest BCUT2D eigenvalue weighted by Crippen LogP contribution is 2.11. The Bertz CT molecular complexity index is 880. The number of carbonyl (C=O) groups is 1. The fourth-order valence-electron chi connectivity index (χ4n) is 2.05. The van der Waals surface area contributed by atoms with Gasteiger partial charge in [-0.25, -0.2) is 4.39 Å². The SMILES string of the molecule is Cn1cc(-c2ccccn2)[nH]/c1=N\C(=O)c1ccccc1F. The van der Waals surface area contributed by atoms with E-state index in [1.54, 1.807) is 30.1 Å². The summed E-state index contributed by atoms with van der Waals surface area (Å²) in [5.41, 5.74) is 1.73. The molecule has 110 valence electrons. The number of pyridine rings is 1. The van der Waals surface area contributed by atoms with Crippen LogP contribution in [-0.4, -0.2) is 20.4 Å². The minimum absolute atomic E-state index is 0.0588. The Balaban J connectivity index is 2.01. The second-order valence-corrected chi connectivity index (χ2v) is 4.71. The van der Waals surface area contributed by atoms with Crippen molar-refractivity contribution in [2.45, 2.75) is 0 Å². The quantitative estimate of drug-likeness (QED) is 0.788. The molecule has 0 fully saturated rings. The van der Waals surface area contributed by atoms with E-state index in [2.05, 4.69) is 15.0 Å². The number of carbonyl (C=O) groups excluding carboxylic acids is 1. The zero-order valence-electron chi connectivity index (χ0n) is 11.8. The minimum atomic E-state index is -0.636. The van der Waals surface area contributed by atoms with Crippen molar-refractivity contribution in [3.05, 3.63) is 71.9 Å². The summed E-state index contributed by atoms with van der Waals surface area (Å²) in [7, 11) is 1.75. The molecule has 6 heteroatoms. The fraction of sp³-hybridized carbons (Fsp3) is 0.0625. The van der Waals surface area contributed by atoms with E-state index in [1.165, 1.54) is 18.2 Å². The van der Waals surface area contributed by atoms with Crippen molar-refractivity contribution in [3.8, 4) is 11.4 Å². The molecule has 0 aliphatic heterocycles. The second kappa shape index (κ2) is 5.77. The molecule has 2 heterocycles. The molecule has 3 rings (SSSR count). The van der Waals surface area contributed by atoms with E-state index in [0.717, 1.165) is 11.4 Å². The predicted octanol–water partition coefficient (Wildman–Crippen LogP) is 2.30. The average Bonchev–Trinajstić information content (AvgIpc) is 2.89. The summed E-state index contributed by atoms with van der Waals surface area (Å²) in [4.78, 5) is 23.2. The Morgan fingerprint density at radius 2 is 2.00 bits per heavy atom. The van der Waals surface area contributed by atoms with Crippen molar-refractivity contribution < 1.29 is 9.18 Å². The molecule has 1 N–H and O–H groups in total. The lowest BCUT2D eigenvalue weighted by molar-refractivity contribution is 0.0993. The molecular weight excluding hydrogens is 283 g/mol. The standard InChI is InChI=1S/C16H13FN4O/c1-21-10-14(13-8-4-5-9-18-13)19-16(21)20-15(22)11-6-2-3-7-12(11)17/h2-10H,1H3,(H,19,20,22). The number of aromatic amines is 1. The van der Waals surface area contributed by atoms with Gasteiger partial charge in [0.25, 0.3) is 5.91 Å². The third-order valence-corrected chi connectivity index (χ3v) is 3.16. The summed E-state index contributed by atoms with van der Waals surface area (Å²) in [5, 5.41) is 0. The van der Waals surface area contributed by atoms with Crippen LogP contribution in [0, 0.1) is 5.82 Å². The summed E-state index contributed by atoms with van der Waals surface area (Å²) in [6.45, 7) is 0. The van der Waals surface area contributed by atoms with Crippen molar-refractivity contribution in [1.82, 2.24) is 14.5 Å². The summed E-state index contributed by atoms with van der Waals surface area (Å²) < 4.78 is 15.3. The topological polar surface area (TPSA) is 63.0 Å². The predicted molar refractivity (Wildman–Crippen MR) is 79.3 cm³/mol. The van der Waals surface area contributed by atoms with Gasteiger partial charge in [-0.3, -0.25) is 9.78 Å². The van der Waals surface area contributed by atoms with Gasteiger partial charge in [-0.15, -0.1) is 0 Å². The number of aromatic nitrogens is 3. The molecule has 5 nitrogen and oxygen atoms in total. The molecule has 0 atom stereocenters. The molecule has 0 aliphatic carbocycles. The van der Waals surface area contributed by atoms with Gasteiger partial charge in [-0.2, -0.15) is 4.99 Å². The Hall–Kier alpha value is -3.02. The number of nitrogens with zero attached hydrogens (tertiary/aromatic N) is 3. The zero-order valence-corrected chi connectivity index (χ0v) is 11.8. The van der Waals surface area contributed by atoms with Crippen molar-refractivity contribution in [3.63, 3.8) is 0 Å². The van der Waals surface area contributed by atoms with E-state index in [0.29, 0.717) is 5.62 Å². The molecular formula is C16H13FN4O. The normalized spacial score (nSPS) is 11.6. The summed E-state index contributed by atoms with van der Waals surface area (Å²) in [5.74, 6) is -1.22. The monoisotopic (exact) mass is 296 g/mol. The zero-order chi connectivity index (χ0) is 15.5. The average molecular weight is 296 g/mol. The first-order chi connectivity index (χ1) is 10.6. The molecule has 0 radical (unpaired) electrons.